The number of thiophene rings is 1. The van der Waals surface area contributed by atoms with Gasteiger partial charge in [0.25, 0.3) is 0 Å². The third kappa shape index (κ3) is 4.24. The highest BCUT2D eigenvalue weighted by atomic mass is 32.2. The zero-order valence-electron chi connectivity index (χ0n) is 11.4. The molecule has 1 amide bonds. The Balaban J connectivity index is 1.84. The van der Waals surface area contributed by atoms with E-state index in [4.69, 9.17) is 5.11 Å². The molecule has 0 aromatic carbocycles. The molecule has 1 atom stereocenters. The third-order valence-corrected chi connectivity index (χ3v) is 5.56. The van der Waals surface area contributed by atoms with Crippen LogP contribution in [0, 0.1) is 0 Å². The number of carbonyl (C=O) groups is 2. The van der Waals surface area contributed by atoms with Crippen molar-refractivity contribution >= 4 is 35.0 Å². The van der Waals surface area contributed by atoms with Gasteiger partial charge in [-0.15, -0.1) is 23.1 Å². The molecule has 2 rings (SSSR count). The van der Waals surface area contributed by atoms with Gasteiger partial charge in [0.05, 0.1) is 5.25 Å². The summed E-state index contributed by atoms with van der Waals surface area (Å²) in [4.78, 5) is 24.1. The fourth-order valence-corrected chi connectivity index (χ4v) is 4.13. The van der Waals surface area contributed by atoms with Crippen LogP contribution in [0.3, 0.4) is 0 Å². The molecule has 0 spiro atoms. The van der Waals surface area contributed by atoms with Gasteiger partial charge in [-0.05, 0) is 25.8 Å². The Morgan fingerprint density at radius 1 is 1.40 bits per heavy atom. The first-order valence-electron chi connectivity index (χ1n) is 6.85. The summed E-state index contributed by atoms with van der Waals surface area (Å²) in [5, 5.41) is 13.6. The monoisotopic (exact) mass is 313 g/mol. The molecule has 1 aliphatic carbocycles. The minimum Gasteiger partial charge on any atom is -0.477 e. The predicted octanol–water partition coefficient (Wildman–Crippen LogP) is 3.38. The first-order chi connectivity index (χ1) is 9.56. The van der Waals surface area contributed by atoms with E-state index in [0.717, 1.165) is 17.7 Å². The second-order valence-corrected chi connectivity index (χ2v) is 7.38. The highest BCUT2D eigenvalue weighted by Crippen LogP contribution is 2.28. The van der Waals surface area contributed by atoms with Crippen LogP contribution < -0.4 is 5.32 Å². The maximum absolute atomic E-state index is 12.1. The number of rotatable bonds is 5. The summed E-state index contributed by atoms with van der Waals surface area (Å²) in [6, 6.07) is 1.94. The SMILES string of the molecule is CC(Sc1csc(C(=O)O)c1)C(=O)NC1CCCCC1. The van der Waals surface area contributed by atoms with E-state index in [1.807, 2.05) is 6.92 Å². The van der Waals surface area contributed by atoms with Crippen molar-refractivity contribution in [3.8, 4) is 0 Å². The molecule has 1 heterocycles. The van der Waals surface area contributed by atoms with E-state index in [0.29, 0.717) is 10.9 Å². The lowest BCUT2D eigenvalue weighted by atomic mass is 9.95. The first kappa shape index (κ1) is 15.4. The molecule has 1 fully saturated rings. The Kier molecular flexibility index (Phi) is 5.48. The fourth-order valence-electron chi connectivity index (χ4n) is 2.32. The summed E-state index contributed by atoms with van der Waals surface area (Å²) in [7, 11) is 0. The summed E-state index contributed by atoms with van der Waals surface area (Å²) >= 11 is 2.61. The second kappa shape index (κ2) is 7.13. The quantitative estimate of drug-likeness (QED) is 0.818. The van der Waals surface area contributed by atoms with Crippen LogP contribution in [0.15, 0.2) is 16.3 Å². The summed E-state index contributed by atoms with van der Waals surface area (Å²) in [5.41, 5.74) is 0. The van der Waals surface area contributed by atoms with E-state index in [2.05, 4.69) is 5.32 Å². The van der Waals surface area contributed by atoms with Crippen LogP contribution in [0.4, 0.5) is 0 Å². The van der Waals surface area contributed by atoms with Gasteiger partial charge in [0.1, 0.15) is 4.88 Å². The van der Waals surface area contributed by atoms with E-state index < -0.39 is 5.97 Å². The molecule has 0 bridgehead atoms. The third-order valence-electron chi connectivity index (χ3n) is 3.42. The number of hydrogen-bond acceptors (Lipinski definition) is 4. The molecule has 0 saturated heterocycles. The Morgan fingerprint density at radius 3 is 2.70 bits per heavy atom. The van der Waals surface area contributed by atoms with Crippen LogP contribution in [0.25, 0.3) is 0 Å². The lowest BCUT2D eigenvalue weighted by molar-refractivity contribution is -0.121. The zero-order valence-corrected chi connectivity index (χ0v) is 13.1. The minimum absolute atomic E-state index is 0.0463. The number of carbonyl (C=O) groups excluding carboxylic acids is 1. The van der Waals surface area contributed by atoms with Gasteiger partial charge in [0, 0.05) is 16.3 Å². The number of carboxylic acid groups (broad SMARTS) is 1. The van der Waals surface area contributed by atoms with Crippen molar-refractivity contribution in [2.75, 3.05) is 0 Å². The molecule has 1 unspecified atom stereocenters. The Morgan fingerprint density at radius 2 is 2.10 bits per heavy atom. The van der Waals surface area contributed by atoms with Crippen LogP contribution >= 0.6 is 23.1 Å². The van der Waals surface area contributed by atoms with Crippen LogP contribution in [0.1, 0.15) is 48.7 Å². The molecular weight excluding hydrogens is 294 g/mol. The lowest BCUT2D eigenvalue weighted by Crippen LogP contribution is -2.40. The molecule has 2 N–H and O–H groups in total. The van der Waals surface area contributed by atoms with Crippen molar-refractivity contribution in [1.82, 2.24) is 5.32 Å². The van der Waals surface area contributed by atoms with Crippen molar-refractivity contribution in [3.63, 3.8) is 0 Å². The number of thioether (sulfide) groups is 1. The Bertz CT molecular complexity index is 481. The Labute approximate surface area is 127 Å². The van der Waals surface area contributed by atoms with Crippen molar-refractivity contribution < 1.29 is 14.7 Å². The van der Waals surface area contributed by atoms with Gasteiger partial charge in [-0.1, -0.05) is 19.3 Å². The topological polar surface area (TPSA) is 66.4 Å². The van der Waals surface area contributed by atoms with E-state index in [-0.39, 0.29) is 11.2 Å². The summed E-state index contributed by atoms with van der Waals surface area (Å²) in [6.45, 7) is 1.86. The van der Waals surface area contributed by atoms with Crippen LogP contribution in [0.5, 0.6) is 0 Å². The molecule has 6 heteroatoms. The largest absolute Gasteiger partial charge is 0.477 e. The Hall–Kier alpha value is -1.01. The maximum Gasteiger partial charge on any atom is 0.345 e. The van der Waals surface area contributed by atoms with Gasteiger partial charge in [-0.3, -0.25) is 4.79 Å². The van der Waals surface area contributed by atoms with Gasteiger partial charge in [-0.25, -0.2) is 4.79 Å². The predicted molar refractivity (Wildman–Crippen MR) is 81.6 cm³/mol. The van der Waals surface area contributed by atoms with Crippen molar-refractivity contribution in [1.29, 1.82) is 0 Å². The van der Waals surface area contributed by atoms with Crippen LogP contribution in [-0.2, 0) is 4.79 Å². The standard InChI is InChI=1S/C14H19NO3S2/c1-9(13(16)15-10-5-3-2-4-6-10)20-11-7-12(14(17)18)19-8-11/h7-10H,2-6H2,1H3,(H,15,16)(H,17,18). The molecule has 20 heavy (non-hydrogen) atoms. The molecular formula is C14H19NO3S2. The summed E-state index contributed by atoms with van der Waals surface area (Å²) < 4.78 is 0. The lowest BCUT2D eigenvalue weighted by Gasteiger charge is -2.24. The second-order valence-electron chi connectivity index (χ2n) is 5.06. The van der Waals surface area contributed by atoms with Gasteiger partial charge in [0.15, 0.2) is 0 Å². The number of aromatic carboxylic acids is 1. The maximum atomic E-state index is 12.1. The average molecular weight is 313 g/mol. The first-order valence-corrected chi connectivity index (χ1v) is 8.61. The van der Waals surface area contributed by atoms with Gasteiger partial charge < -0.3 is 10.4 Å². The highest BCUT2D eigenvalue weighted by Gasteiger charge is 2.21. The molecule has 1 aromatic heterocycles. The van der Waals surface area contributed by atoms with E-state index in [1.54, 1.807) is 11.4 Å². The van der Waals surface area contributed by atoms with E-state index >= 15 is 0 Å². The van der Waals surface area contributed by atoms with Crippen LogP contribution in [0.2, 0.25) is 0 Å². The summed E-state index contributed by atoms with van der Waals surface area (Å²) in [6.07, 6.45) is 5.80. The average Bonchev–Trinajstić information content (AvgIpc) is 2.88. The van der Waals surface area contributed by atoms with Gasteiger partial charge in [0.2, 0.25) is 5.91 Å². The molecule has 4 nitrogen and oxygen atoms in total. The number of hydrogen-bond donors (Lipinski definition) is 2. The zero-order chi connectivity index (χ0) is 14.5. The molecule has 1 saturated carbocycles. The van der Waals surface area contributed by atoms with E-state index in [9.17, 15) is 9.59 Å². The number of nitrogens with one attached hydrogen (secondary N) is 1. The summed E-state index contributed by atoms with van der Waals surface area (Å²) in [5.74, 6) is -0.869. The van der Waals surface area contributed by atoms with Crippen molar-refractivity contribution in [2.24, 2.45) is 0 Å². The van der Waals surface area contributed by atoms with Gasteiger partial charge in [-0.2, -0.15) is 0 Å². The molecule has 0 radical (unpaired) electrons. The number of amides is 1. The molecule has 1 aliphatic rings. The molecule has 0 aliphatic heterocycles. The fraction of sp³-hybridized carbons (Fsp3) is 0.571. The molecule has 1 aromatic rings. The molecule has 110 valence electrons. The van der Waals surface area contributed by atoms with E-state index in [1.165, 1.54) is 42.4 Å². The number of carboxylic acids is 1. The normalized spacial score (nSPS) is 17.6. The minimum atomic E-state index is -0.916. The smallest absolute Gasteiger partial charge is 0.345 e. The van der Waals surface area contributed by atoms with Gasteiger partial charge >= 0.3 is 5.97 Å². The van der Waals surface area contributed by atoms with Crippen molar-refractivity contribution in [3.05, 3.63) is 16.3 Å². The van der Waals surface area contributed by atoms with Crippen LogP contribution in [-0.4, -0.2) is 28.3 Å². The van der Waals surface area contributed by atoms with Crippen molar-refractivity contribution in [2.45, 2.75) is 55.2 Å². The highest BCUT2D eigenvalue weighted by molar-refractivity contribution is 8.00.